The van der Waals surface area contributed by atoms with Crippen molar-refractivity contribution in [3.63, 3.8) is 0 Å². The van der Waals surface area contributed by atoms with Gasteiger partial charge in [-0.15, -0.1) is 16.8 Å². The smallest absolute Gasteiger partial charge is 0.233 e. The van der Waals surface area contributed by atoms with Crippen LogP contribution in [0, 0.1) is 0 Å². The largest absolute Gasteiger partial charge is 0.493 e. The topological polar surface area (TPSA) is 82.6 Å². The van der Waals surface area contributed by atoms with Crippen molar-refractivity contribution in [2.45, 2.75) is 11.7 Å². The standard InChI is InChI=1S/C20H22N4O4S/c1-3-7-24-19(16-12-14-5-4-6-15(26-2)18(14)28-16)21-22-20(24)29-13-17(25)23-8-10-27-11-9-23/h3-6,12H,1,7-11,13H2,2H3. The Hall–Kier alpha value is -2.78. The summed E-state index contributed by atoms with van der Waals surface area (Å²) in [5.74, 6) is 2.20. The maximum Gasteiger partial charge on any atom is 0.233 e. The summed E-state index contributed by atoms with van der Waals surface area (Å²) in [4.78, 5) is 14.3. The van der Waals surface area contributed by atoms with Gasteiger partial charge in [0, 0.05) is 25.0 Å². The molecule has 4 rings (SSSR count). The molecule has 0 N–H and O–H groups in total. The first-order valence-corrected chi connectivity index (χ1v) is 10.3. The van der Waals surface area contributed by atoms with Gasteiger partial charge < -0.3 is 18.8 Å². The highest BCUT2D eigenvalue weighted by Gasteiger charge is 2.21. The average molecular weight is 414 g/mol. The van der Waals surface area contributed by atoms with E-state index in [-0.39, 0.29) is 5.91 Å². The molecule has 9 heteroatoms. The number of benzene rings is 1. The Balaban J connectivity index is 1.58. The number of ether oxygens (including phenoxy) is 2. The van der Waals surface area contributed by atoms with E-state index >= 15 is 0 Å². The van der Waals surface area contributed by atoms with E-state index in [1.54, 1.807) is 13.2 Å². The Morgan fingerprint density at radius 3 is 2.93 bits per heavy atom. The molecular formula is C20H22N4O4S. The van der Waals surface area contributed by atoms with Gasteiger partial charge in [-0.05, 0) is 12.1 Å². The molecule has 1 saturated heterocycles. The maximum absolute atomic E-state index is 12.4. The molecule has 0 aliphatic carbocycles. The number of methoxy groups -OCH3 is 1. The number of carbonyl (C=O) groups excluding carboxylic acids is 1. The first-order valence-electron chi connectivity index (χ1n) is 9.30. The second-order valence-corrected chi connectivity index (χ2v) is 7.42. The van der Waals surface area contributed by atoms with Crippen molar-refractivity contribution in [2.24, 2.45) is 0 Å². The predicted octanol–water partition coefficient (Wildman–Crippen LogP) is 2.84. The summed E-state index contributed by atoms with van der Waals surface area (Å²) in [5.41, 5.74) is 0.662. The number of furan rings is 1. The van der Waals surface area contributed by atoms with Crippen molar-refractivity contribution < 1.29 is 18.7 Å². The molecular weight excluding hydrogens is 392 g/mol. The summed E-state index contributed by atoms with van der Waals surface area (Å²) >= 11 is 1.36. The van der Waals surface area contributed by atoms with E-state index in [0.717, 1.165) is 5.39 Å². The Morgan fingerprint density at radius 1 is 1.34 bits per heavy atom. The zero-order chi connectivity index (χ0) is 20.2. The van der Waals surface area contributed by atoms with Crippen LogP contribution in [0.25, 0.3) is 22.6 Å². The lowest BCUT2D eigenvalue weighted by atomic mass is 10.2. The molecule has 8 nitrogen and oxygen atoms in total. The van der Waals surface area contributed by atoms with Gasteiger partial charge in [0.05, 0.1) is 26.1 Å². The summed E-state index contributed by atoms with van der Waals surface area (Å²) in [6, 6.07) is 7.63. The number of hydrogen-bond donors (Lipinski definition) is 0. The minimum Gasteiger partial charge on any atom is -0.493 e. The highest BCUT2D eigenvalue weighted by molar-refractivity contribution is 7.99. The predicted molar refractivity (Wildman–Crippen MR) is 110 cm³/mol. The minimum absolute atomic E-state index is 0.0708. The molecule has 1 aromatic carbocycles. The van der Waals surface area contributed by atoms with Gasteiger partial charge in [0.2, 0.25) is 11.7 Å². The van der Waals surface area contributed by atoms with Crippen LogP contribution in [0.15, 0.2) is 46.5 Å². The summed E-state index contributed by atoms with van der Waals surface area (Å²) in [6.45, 7) is 6.76. The number of aromatic nitrogens is 3. The average Bonchev–Trinajstić information content (AvgIpc) is 3.36. The zero-order valence-corrected chi connectivity index (χ0v) is 17.0. The quantitative estimate of drug-likeness (QED) is 0.434. The lowest BCUT2D eigenvalue weighted by Gasteiger charge is -2.26. The van der Waals surface area contributed by atoms with Crippen molar-refractivity contribution in [1.29, 1.82) is 0 Å². The van der Waals surface area contributed by atoms with Gasteiger partial charge in [-0.25, -0.2) is 0 Å². The second-order valence-electron chi connectivity index (χ2n) is 6.48. The molecule has 0 bridgehead atoms. The fourth-order valence-electron chi connectivity index (χ4n) is 3.21. The lowest BCUT2D eigenvalue weighted by Crippen LogP contribution is -2.41. The second kappa shape index (κ2) is 8.71. The van der Waals surface area contributed by atoms with Crippen LogP contribution in [0.1, 0.15) is 0 Å². The number of allylic oxidation sites excluding steroid dienone is 1. The number of nitrogens with zero attached hydrogens (tertiary/aromatic N) is 4. The van der Waals surface area contributed by atoms with Crippen molar-refractivity contribution in [3.05, 3.63) is 36.9 Å². The number of fused-ring (bicyclic) bond motifs is 1. The molecule has 1 aliphatic heterocycles. The van der Waals surface area contributed by atoms with E-state index in [9.17, 15) is 4.79 Å². The number of carbonyl (C=O) groups is 1. The maximum atomic E-state index is 12.4. The van der Waals surface area contributed by atoms with Crippen LogP contribution in [-0.4, -0.2) is 64.7 Å². The molecule has 29 heavy (non-hydrogen) atoms. The molecule has 0 spiro atoms. The summed E-state index contributed by atoms with van der Waals surface area (Å²) in [6.07, 6.45) is 1.77. The molecule has 3 heterocycles. The number of hydrogen-bond acceptors (Lipinski definition) is 7. The molecule has 0 unspecified atom stereocenters. The van der Waals surface area contributed by atoms with Crippen molar-refractivity contribution in [2.75, 3.05) is 39.2 Å². The van der Waals surface area contributed by atoms with Gasteiger partial charge in [-0.2, -0.15) is 0 Å². The van der Waals surface area contributed by atoms with Gasteiger partial charge in [0.1, 0.15) is 0 Å². The van der Waals surface area contributed by atoms with E-state index < -0.39 is 0 Å². The van der Waals surface area contributed by atoms with Gasteiger partial charge in [-0.3, -0.25) is 9.36 Å². The van der Waals surface area contributed by atoms with E-state index in [1.165, 1.54) is 11.8 Å². The highest BCUT2D eigenvalue weighted by Crippen LogP contribution is 2.33. The zero-order valence-electron chi connectivity index (χ0n) is 16.2. The van der Waals surface area contributed by atoms with Crippen LogP contribution in [-0.2, 0) is 16.1 Å². The third-order valence-corrected chi connectivity index (χ3v) is 5.62. The van der Waals surface area contributed by atoms with Gasteiger partial charge in [-0.1, -0.05) is 30.0 Å². The van der Waals surface area contributed by atoms with Crippen molar-refractivity contribution >= 4 is 28.6 Å². The van der Waals surface area contributed by atoms with Crippen LogP contribution < -0.4 is 4.74 Å². The van der Waals surface area contributed by atoms with Gasteiger partial charge >= 0.3 is 0 Å². The monoisotopic (exact) mass is 414 g/mol. The molecule has 152 valence electrons. The molecule has 0 saturated carbocycles. The Bertz CT molecular complexity index is 1020. The lowest BCUT2D eigenvalue weighted by molar-refractivity contribution is -0.132. The van der Waals surface area contributed by atoms with Gasteiger partial charge in [0.25, 0.3) is 0 Å². The van der Waals surface area contributed by atoms with Crippen LogP contribution in [0.3, 0.4) is 0 Å². The fraction of sp³-hybridized carbons (Fsp3) is 0.350. The summed E-state index contributed by atoms with van der Waals surface area (Å²) < 4.78 is 18.6. The van der Waals surface area contributed by atoms with Crippen LogP contribution in [0.5, 0.6) is 5.75 Å². The molecule has 2 aromatic heterocycles. The minimum atomic E-state index is 0.0708. The molecule has 3 aromatic rings. The molecule has 0 radical (unpaired) electrons. The van der Waals surface area contributed by atoms with E-state index in [1.807, 2.05) is 33.7 Å². The van der Waals surface area contributed by atoms with Crippen LogP contribution in [0.2, 0.25) is 0 Å². The summed E-state index contributed by atoms with van der Waals surface area (Å²) in [5, 5.41) is 10.2. The third-order valence-electron chi connectivity index (χ3n) is 4.67. The van der Waals surface area contributed by atoms with Crippen LogP contribution in [0.4, 0.5) is 0 Å². The Kier molecular flexibility index (Phi) is 5.86. The molecule has 1 fully saturated rings. The highest BCUT2D eigenvalue weighted by atomic mass is 32.2. The van der Waals surface area contributed by atoms with E-state index in [4.69, 9.17) is 13.9 Å². The Labute approximate surface area is 172 Å². The SMILES string of the molecule is C=CCn1c(SCC(=O)N2CCOCC2)nnc1-c1cc2cccc(OC)c2o1. The fourth-order valence-corrected chi connectivity index (χ4v) is 4.06. The van der Waals surface area contributed by atoms with Crippen LogP contribution >= 0.6 is 11.8 Å². The first-order chi connectivity index (χ1) is 14.2. The first kappa shape index (κ1) is 19.5. The molecule has 1 aliphatic rings. The van der Waals surface area contributed by atoms with Crippen molar-refractivity contribution in [1.82, 2.24) is 19.7 Å². The number of amides is 1. The number of para-hydroxylation sites is 1. The van der Waals surface area contributed by atoms with Gasteiger partial charge in [0.15, 0.2) is 22.2 Å². The number of rotatable bonds is 7. The molecule has 1 amide bonds. The number of thioether (sulfide) groups is 1. The van der Waals surface area contributed by atoms with Crippen molar-refractivity contribution in [3.8, 4) is 17.3 Å². The summed E-state index contributed by atoms with van der Waals surface area (Å²) in [7, 11) is 1.61. The van der Waals surface area contributed by atoms with E-state index in [0.29, 0.717) is 66.7 Å². The third kappa shape index (κ3) is 4.01. The van der Waals surface area contributed by atoms with E-state index in [2.05, 4.69) is 16.8 Å². The normalized spacial score (nSPS) is 14.3. The number of morpholine rings is 1. The molecule has 0 atom stereocenters. The Morgan fingerprint density at radius 2 is 2.17 bits per heavy atom.